The third kappa shape index (κ3) is 7.59. The summed E-state index contributed by atoms with van der Waals surface area (Å²) in [5.41, 5.74) is 0. The Bertz CT molecular complexity index is 237. The highest BCUT2D eigenvalue weighted by molar-refractivity contribution is 6.76. The van der Waals surface area contributed by atoms with Gasteiger partial charge in [0, 0.05) is 28.3 Å². The molecule has 0 bridgehead atoms. The van der Waals surface area contributed by atoms with Crippen molar-refractivity contribution >= 4 is 20.2 Å². The summed E-state index contributed by atoms with van der Waals surface area (Å²) in [6, 6.07) is 1.14. The van der Waals surface area contributed by atoms with Crippen LogP contribution in [0.5, 0.6) is 0 Å². The maximum Gasteiger partial charge on any atom is 0.184 e. The van der Waals surface area contributed by atoms with Crippen molar-refractivity contribution in [3.8, 4) is 0 Å². The molecule has 5 heteroatoms. The van der Waals surface area contributed by atoms with Gasteiger partial charge in [-0.15, -0.1) is 0 Å². The molecular formula is C11H24N2O2Si. The lowest BCUT2D eigenvalue weighted by Gasteiger charge is -2.20. The zero-order valence-electron chi connectivity index (χ0n) is 11.1. The quantitative estimate of drug-likeness (QED) is 0.171. The predicted octanol–water partition coefficient (Wildman–Crippen LogP) is 1.85. The minimum absolute atomic E-state index is 0.433. The molecule has 0 saturated carbocycles. The van der Waals surface area contributed by atoms with Gasteiger partial charge in [0.2, 0.25) is 0 Å². The highest BCUT2D eigenvalue weighted by atomic mass is 28.3. The van der Waals surface area contributed by atoms with E-state index >= 15 is 0 Å². The lowest BCUT2D eigenvalue weighted by atomic mass is 10.5. The van der Waals surface area contributed by atoms with Crippen LogP contribution in [0.4, 0.5) is 0 Å². The van der Waals surface area contributed by atoms with Gasteiger partial charge in [0.05, 0.1) is 0 Å². The second kappa shape index (κ2) is 7.57. The number of aliphatic imine (C=N–C) groups is 1. The standard InChI is InChI=1S/C11H24N2O2Si/c1-6-12-11(9-14)13(2)10-15-7-8-16(3,4)5/h9H,6-8,10H2,1-5H3. The molecule has 94 valence electrons. The molecule has 0 unspecified atom stereocenters. The monoisotopic (exact) mass is 244 g/mol. The van der Waals surface area contributed by atoms with E-state index < -0.39 is 8.07 Å². The van der Waals surface area contributed by atoms with E-state index in [1.807, 2.05) is 14.0 Å². The van der Waals surface area contributed by atoms with Crippen LogP contribution in [0.25, 0.3) is 0 Å². The van der Waals surface area contributed by atoms with Crippen molar-refractivity contribution in [3.05, 3.63) is 0 Å². The smallest absolute Gasteiger partial charge is 0.184 e. The molecule has 16 heavy (non-hydrogen) atoms. The van der Waals surface area contributed by atoms with Crippen LogP contribution < -0.4 is 0 Å². The first kappa shape index (κ1) is 15.3. The number of carbonyl (C=O) groups excluding carboxylic acids is 1. The van der Waals surface area contributed by atoms with Crippen molar-refractivity contribution in [1.29, 1.82) is 0 Å². The normalized spacial score (nSPS) is 12.7. The molecule has 0 N–H and O–H groups in total. The molecule has 0 aromatic rings. The Kier molecular flexibility index (Phi) is 7.24. The molecule has 0 radical (unpaired) electrons. The van der Waals surface area contributed by atoms with Gasteiger partial charge in [0.25, 0.3) is 0 Å². The number of ether oxygens (including phenoxy) is 1. The molecule has 0 atom stereocenters. The summed E-state index contributed by atoms with van der Waals surface area (Å²) in [5.74, 6) is 0.454. The van der Waals surface area contributed by atoms with E-state index in [1.165, 1.54) is 0 Å². The molecule has 0 fully saturated rings. The van der Waals surface area contributed by atoms with E-state index in [0.717, 1.165) is 18.9 Å². The summed E-state index contributed by atoms with van der Waals surface area (Å²) in [6.07, 6.45) is 0.769. The number of hydrogen-bond donors (Lipinski definition) is 0. The van der Waals surface area contributed by atoms with Crippen molar-refractivity contribution in [1.82, 2.24) is 4.90 Å². The Hall–Kier alpha value is -0.683. The van der Waals surface area contributed by atoms with Crippen molar-refractivity contribution in [2.75, 3.05) is 26.9 Å². The summed E-state index contributed by atoms with van der Waals surface area (Å²) >= 11 is 0. The number of nitrogens with zero attached hydrogens (tertiary/aromatic N) is 2. The molecule has 0 spiro atoms. The first-order valence-electron chi connectivity index (χ1n) is 5.69. The van der Waals surface area contributed by atoms with Gasteiger partial charge in [0.15, 0.2) is 12.1 Å². The third-order valence-electron chi connectivity index (χ3n) is 2.10. The Morgan fingerprint density at radius 3 is 2.50 bits per heavy atom. The first-order valence-corrected chi connectivity index (χ1v) is 9.40. The highest BCUT2D eigenvalue weighted by Crippen LogP contribution is 2.07. The number of rotatable bonds is 7. The molecule has 0 aromatic heterocycles. The van der Waals surface area contributed by atoms with E-state index in [2.05, 4.69) is 24.6 Å². The Balaban J connectivity index is 3.85. The van der Waals surface area contributed by atoms with Gasteiger partial charge in [0.1, 0.15) is 6.73 Å². The SMILES string of the molecule is CCN=C(C=O)N(C)COCC[Si](C)(C)C. The second-order valence-electron chi connectivity index (χ2n) is 5.00. The van der Waals surface area contributed by atoms with E-state index in [9.17, 15) is 4.79 Å². The molecule has 0 heterocycles. The van der Waals surface area contributed by atoms with Crippen molar-refractivity contribution in [2.24, 2.45) is 4.99 Å². The fourth-order valence-corrected chi connectivity index (χ4v) is 1.81. The maximum absolute atomic E-state index is 10.7. The second-order valence-corrected chi connectivity index (χ2v) is 10.6. The number of aldehydes is 1. The molecule has 0 amide bonds. The first-order chi connectivity index (χ1) is 7.40. The van der Waals surface area contributed by atoms with Crippen LogP contribution in [-0.2, 0) is 9.53 Å². The fraction of sp³-hybridized carbons (Fsp3) is 0.818. The number of hydrogen-bond acceptors (Lipinski definition) is 3. The maximum atomic E-state index is 10.7. The zero-order valence-corrected chi connectivity index (χ0v) is 12.1. The van der Waals surface area contributed by atoms with Crippen molar-refractivity contribution in [2.45, 2.75) is 32.6 Å². The van der Waals surface area contributed by atoms with E-state index in [4.69, 9.17) is 4.74 Å². The van der Waals surface area contributed by atoms with E-state index in [-0.39, 0.29) is 0 Å². The number of likely N-dealkylation sites (N-methyl/N-ethyl adjacent to an activating group) is 1. The van der Waals surface area contributed by atoms with Crippen LogP contribution in [0.15, 0.2) is 4.99 Å². The van der Waals surface area contributed by atoms with Crippen LogP contribution in [0, 0.1) is 0 Å². The number of carbonyl (C=O) groups is 1. The lowest BCUT2D eigenvalue weighted by molar-refractivity contribution is -0.103. The van der Waals surface area contributed by atoms with E-state index in [0.29, 0.717) is 19.1 Å². The Labute approximate surface area is 99.7 Å². The summed E-state index contributed by atoms with van der Waals surface area (Å²) in [5, 5.41) is 0. The minimum atomic E-state index is -1.02. The fourth-order valence-electron chi connectivity index (χ4n) is 1.06. The molecule has 0 aliphatic rings. The molecule has 0 aromatic carbocycles. The van der Waals surface area contributed by atoms with Gasteiger partial charge in [-0.2, -0.15) is 0 Å². The zero-order chi connectivity index (χ0) is 12.6. The van der Waals surface area contributed by atoms with Crippen LogP contribution in [0.1, 0.15) is 6.92 Å². The van der Waals surface area contributed by atoms with Crippen LogP contribution in [-0.4, -0.2) is 52.0 Å². The lowest BCUT2D eigenvalue weighted by Crippen LogP contribution is -2.31. The topological polar surface area (TPSA) is 41.9 Å². The van der Waals surface area contributed by atoms with Crippen molar-refractivity contribution < 1.29 is 9.53 Å². The van der Waals surface area contributed by atoms with Crippen LogP contribution in [0.2, 0.25) is 25.7 Å². The molecule has 0 saturated heterocycles. The van der Waals surface area contributed by atoms with Crippen LogP contribution in [0.3, 0.4) is 0 Å². The van der Waals surface area contributed by atoms with Gasteiger partial charge in [-0.25, -0.2) is 0 Å². The minimum Gasteiger partial charge on any atom is -0.361 e. The Morgan fingerprint density at radius 2 is 2.06 bits per heavy atom. The molecule has 0 aliphatic carbocycles. The third-order valence-corrected chi connectivity index (χ3v) is 3.80. The average molecular weight is 244 g/mol. The van der Waals surface area contributed by atoms with Gasteiger partial charge in [-0.3, -0.25) is 9.79 Å². The Morgan fingerprint density at radius 1 is 1.44 bits per heavy atom. The summed E-state index contributed by atoms with van der Waals surface area (Å²) in [7, 11) is 0.794. The molecule has 4 nitrogen and oxygen atoms in total. The van der Waals surface area contributed by atoms with Crippen LogP contribution >= 0.6 is 0 Å². The average Bonchev–Trinajstić information content (AvgIpc) is 2.19. The largest absolute Gasteiger partial charge is 0.361 e. The highest BCUT2D eigenvalue weighted by Gasteiger charge is 2.12. The van der Waals surface area contributed by atoms with Gasteiger partial charge in [-0.1, -0.05) is 19.6 Å². The van der Waals surface area contributed by atoms with Gasteiger partial charge < -0.3 is 9.64 Å². The predicted molar refractivity (Wildman–Crippen MR) is 70.8 cm³/mol. The summed E-state index contributed by atoms with van der Waals surface area (Å²) in [4.78, 5) is 16.5. The number of amidine groups is 1. The van der Waals surface area contributed by atoms with Gasteiger partial charge in [-0.05, 0) is 13.0 Å². The molecular weight excluding hydrogens is 220 g/mol. The van der Waals surface area contributed by atoms with Crippen molar-refractivity contribution in [3.63, 3.8) is 0 Å². The van der Waals surface area contributed by atoms with Gasteiger partial charge >= 0.3 is 0 Å². The summed E-state index contributed by atoms with van der Waals surface area (Å²) < 4.78 is 5.52. The summed E-state index contributed by atoms with van der Waals surface area (Å²) in [6.45, 7) is 10.7. The molecule has 0 rings (SSSR count). The molecule has 0 aliphatic heterocycles. The van der Waals surface area contributed by atoms with E-state index in [1.54, 1.807) is 4.90 Å².